The van der Waals surface area contributed by atoms with Crippen LogP contribution in [0, 0.1) is 0 Å². The zero-order valence-electron chi connectivity index (χ0n) is 21.3. The Balaban J connectivity index is 1.85. The summed E-state index contributed by atoms with van der Waals surface area (Å²) in [6.45, 7) is 7.77. The third-order valence-electron chi connectivity index (χ3n) is 5.18. The third kappa shape index (κ3) is 11.1. The first-order valence-corrected chi connectivity index (χ1v) is 12.4. The number of ether oxygens (including phenoxy) is 2. The second kappa shape index (κ2) is 17.4. The van der Waals surface area contributed by atoms with Gasteiger partial charge in [0.2, 0.25) is 17.8 Å². The lowest BCUT2D eigenvalue weighted by molar-refractivity contribution is 0.0511. The molecule has 1 aromatic heterocycles. The first kappa shape index (κ1) is 29.2. The monoisotopic (exact) mass is 504 g/mol. The van der Waals surface area contributed by atoms with Gasteiger partial charge in [0.05, 0.1) is 33.0 Å². The van der Waals surface area contributed by atoms with Crippen molar-refractivity contribution in [2.75, 3.05) is 68.6 Å². The molecule has 1 heterocycles. The Morgan fingerprint density at radius 2 is 1.56 bits per heavy atom. The zero-order chi connectivity index (χ0) is 26.0. The van der Waals surface area contributed by atoms with E-state index >= 15 is 0 Å². The van der Waals surface area contributed by atoms with Crippen LogP contribution >= 0.6 is 0 Å². The number of carbonyl (C=O) groups excluding carboxylic acids is 1. The lowest BCUT2D eigenvalue weighted by Gasteiger charge is -2.16. The minimum absolute atomic E-state index is 0.0269. The van der Waals surface area contributed by atoms with E-state index < -0.39 is 0 Å². The standard InChI is InChI=1S/C24H40N8O4/c1-3-20(4-2)29-24-31-22(27-10-12-33)30-23(32-24)28-17-18-5-7-19(8-6-18)21(34)26-11-14-36-16-15-35-13-9-25/h5-8,20,33H,3-4,9-17,25H2,1-2H3,(H,26,34)(H3,27,28,29,30,31,32). The smallest absolute Gasteiger partial charge is 0.251 e. The summed E-state index contributed by atoms with van der Waals surface area (Å²) in [6.07, 6.45) is 1.89. The predicted molar refractivity (Wildman–Crippen MR) is 140 cm³/mol. The van der Waals surface area contributed by atoms with E-state index in [2.05, 4.69) is 50.1 Å². The molecule has 2 aromatic rings. The van der Waals surface area contributed by atoms with Crippen molar-refractivity contribution in [1.29, 1.82) is 0 Å². The molecule has 12 nitrogen and oxygen atoms in total. The van der Waals surface area contributed by atoms with Crippen LogP contribution in [-0.2, 0) is 16.0 Å². The van der Waals surface area contributed by atoms with Gasteiger partial charge in [-0.1, -0.05) is 26.0 Å². The van der Waals surface area contributed by atoms with E-state index in [-0.39, 0.29) is 18.6 Å². The maximum Gasteiger partial charge on any atom is 0.251 e. The van der Waals surface area contributed by atoms with Gasteiger partial charge in [0, 0.05) is 37.8 Å². The van der Waals surface area contributed by atoms with Gasteiger partial charge in [-0.3, -0.25) is 4.79 Å². The number of amides is 1. The summed E-state index contributed by atoms with van der Waals surface area (Å²) in [5, 5.41) is 21.4. The number of nitrogens with one attached hydrogen (secondary N) is 4. The Morgan fingerprint density at radius 3 is 2.19 bits per heavy atom. The molecule has 200 valence electrons. The number of nitrogens with two attached hydrogens (primary N) is 1. The molecular formula is C24H40N8O4. The first-order chi connectivity index (χ1) is 17.6. The van der Waals surface area contributed by atoms with E-state index in [1.165, 1.54) is 0 Å². The Bertz CT molecular complexity index is 881. The summed E-state index contributed by atoms with van der Waals surface area (Å²) >= 11 is 0. The van der Waals surface area contributed by atoms with Gasteiger partial charge in [-0.15, -0.1) is 0 Å². The van der Waals surface area contributed by atoms with Gasteiger partial charge >= 0.3 is 0 Å². The van der Waals surface area contributed by atoms with Crippen LogP contribution in [0.2, 0.25) is 0 Å². The average Bonchev–Trinajstić information content (AvgIpc) is 2.91. The van der Waals surface area contributed by atoms with Crippen molar-refractivity contribution in [3.05, 3.63) is 35.4 Å². The minimum Gasteiger partial charge on any atom is -0.395 e. The Hall–Kier alpha value is -3.06. The largest absolute Gasteiger partial charge is 0.395 e. The van der Waals surface area contributed by atoms with Crippen LogP contribution in [0.4, 0.5) is 17.8 Å². The predicted octanol–water partition coefficient (Wildman–Crippen LogP) is 1.21. The van der Waals surface area contributed by atoms with Crippen LogP contribution in [0.3, 0.4) is 0 Å². The molecule has 0 spiro atoms. The molecule has 7 N–H and O–H groups in total. The normalized spacial score (nSPS) is 10.9. The Labute approximate surface area is 212 Å². The van der Waals surface area contributed by atoms with Crippen LogP contribution in [-0.4, -0.2) is 84.7 Å². The van der Waals surface area contributed by atoms with E-state index in [1.54, 1.807) is 12.1 Å². The lowest BCUT2D eigenvalue weighted by atomic mass is 10.1. The highest BCUT2D eigenvalue weighted by Gasteiger charge is 2.11. The van der Waals surface area contributed by atoms with Gasteiger partial charge in [-0.2, -0.15) is 15.0 Å². The van der Waals surface area contributed by atoms with E-state index in [0.29, 0.717) is 76.0 Å². The molecule has 0 aliphatic carbocycles. The fraction of sp³-hybridized carbons (Fsp3) is 0.583. The third-order valence-corrected chi connectivity index (χ3v) is 5.18. The molecule has 0 fully saturated rings. The molecule has 0 saturated carbocycles. The van der Waals surface area contributed by atoms with E-state index in [9.17, 15) is 4.79 Å². The molecule has 0 unspecified atom stereocenters. The fourth-order valence-electron chi connectivity index (χ4n) is 3.14. The number of hydrogen-bond donors (Lipinski definition) is 6. The maximum atomic E-state index is 12.3. The molecule has 1 aromatic carbocycles. The SMILES string of the molecule is CCC(CC)Nc1nc(NCCO)nc(NCc2ccc(C(=O)NCCOCCOCCN)cc2)n1. The van der Waals surface area contributed by atoms with Crippen LogP contribution in [0.15, 0.2) is 24.3 Å². The first-order valence-electron chi connectivity index (χ1n) is 12.4. The Kier molecular flexibility index (Phi) is 14.1. The van der Waals surface area contributed by atoms with Gasteiger partial charge < -0.3 is 41.6 Å². The molecule has 0 aliphatic rings. The van der Waals surface area contributed by atoms with Gasteiger partial charge in [0.1, 0.15) is 0 Å². The number of benzene rings is 1. The number of aliphatic hydroxyl groups is 1. The number of carbonyl (C=O) groups is 1. The lowest BCUT2D eigenvalue weighted by Crippen LogP contribution is -2.27. The van der Waals surface area contributed by atoms with Crippen molar-refractivity contribution in [3.8, 4) is 0 Å². The van der Waals surface area contributed by atoms with Crippen molar-refractivity contribution >= 4 is 23.8 Å². The highest BCUT2D eigenvalue weighted by Crippen LogP contribution is 2.14. The number of anilines is 3. The maximum absolute atomic E-state index is 12.3. The number of aliphatic hydroxyl groups excluding tert-OH is 1. The van der Waals surface area contributed by atoms with Crippen LogP contribution in [0.25, 0.3) is 0 Å². The molecule has 12 heteroatoms. The number of nitrogens with zero attached hydrogens (tertiary/aromatic N) is 3. The summed E-state index contributed by atoms with van der Waals surface area (Å²) in [5.74, 6) is 1.11. The minimum atomic E-state index is -0.160. The topological polar surface area (TPSA) is 169 Å². The number of hydrogen-bond acceptors (Lipinski definition) is 11. The summed E-state index contributed by atoms with van der Waals surface area (Å²) in [6, 6.07) is 7.56. The fourth-order valence-corrected chi connectivity index (χ4v) is 3.14. The second-order valence-corrected chi connectivity index (χ2v) is 7.93. The van der Waals surface area contributed by atoms with E-state index in [4.69, 9.17) is 20.3 Å². The van der Waals surface area contributed by atoms with Crippen molar-refractivity contribution < 1.29 is 19.4 Å². The summed E-state index contributed by atoms with van der Waals surface area (Å²) in [5.41, 5.74) is 6.88. The average molecular weight is 505 g/mol. The van der Waals surface area contributed by atoms with Gasteiger partial charge in [0.25, 0.3) is 5.91 Å². The number of rotatable bonds is 19. The number of aromatic nitrogens is 3. The van der Waals surface area contributed by atoms with Crippen molar-refractivity contribution in [3.63, 3.8) is 0 Å². The molecule has 0 aliphatic heterocycles. The summed E-state index contributed by atoms with van der Waals surface area (Å²) in [4.78, 5) is 25.6. The van der Waals surface area contributed by atoms with E-state index in [1.807, 2.05) is 12.1 Å². The van der Waals surface area contributed by atoms with Crippen LogP contribution in [0.5, 0.6) is 0 Å². The molecule has 0 radical (unpaired) electrons. The molecule has 2 rings (SSSR count). The van der Waals surface area contributed by atoms with Crippen molar-refractivity contribution in [2.24, 2.45) is 5.73 Å². The molecule has 0 saturated heterocycles. The highest BCUT2D eigenvalue weighted by molar-refractivity contribution is 5.94. The van der Waals surface area contributed by atoms with Crippen LogP contribution < -0.4 is 27.0 Å². The second-order valence-electron chi connectivity index (χ2n) is 7.93. The summed E-state index contributed by atoms with van der Waals surface area (Å²) in [7, 11) is 0. The van der Waals surface area contributed by atoms with Gasteiger partial charge in [-0.25, -0.2) is 0 Å². The zero-order valence-corrected chi connectivity index (χ0v) is 21.3. The van der Waals surface area contributed by atoms with Crippen molar-refractivity contribution in [2.45, 2.75) is 39.3 Å². The van der Waals surface area contributed by atoms with Crippen LogP contribution in [0.1, 0.15) is 42.6 Å². The van der Waals surface area contributed by atoms with E-state index in [0.717, 1.165) is 18.4 Å². The Morgan fingerprint density at radius 1 is 0.917 bits per heavy atom. The molecule has 36 heavy (non-hydrogen) atoms. The molecule has 0 bridgehead atoms. The molecule has 1 amide bonds. The highest BCUT2D eigenvalue weighted by atomic mass is 16.5. The summed E-state index contributed by atoms with van der Waals surface area (Å²) < 4.78 is 10.6. The molecular weight excluding hydrogens is 464 g/mol. The van der Waals surface area contributed by atoms with Crippen molar-refractivity contribution in [1.82, 2.24) is 20.3 Å². The van der Waals surface area contributed by atoms with Gasteiger partial charge in [-0.05, 0) is 30.5 Å². The quantitative estimate of drug-likeness (QED) is 0.152. The van der Waals surface area contributed by atoms with Gasteiger partial charge in [0.15, 0.2) is 0 Å². The molecule has 0 atom stereocenters.